The van der Waals surface area contributed by atoms with Crippen LogP contribution in [-0.2, 0) is 6.61 Å². The summed E-state index contributed by atoms with van der Waals surface area (Å²) in [5, 5.41) is 11.9. The van der Waals surface area contributed by atoms with Gasteiger partial charge in [-0.2, -0.15) is 5.10 Å². The first-order valence-electron chi connectivity index (χ1n) is 7.29. The van der Waals surface area contributed by atoms with Gasteiger partial charge in [0.25, 0.3) is 0 Å². The Labute approximate surface area is 148 Å². The smallest absolute Gasteiger partial charge is 0.180 e. The highest BCUT2D eigenvalue weighted by molar-refractivity contribution is 6.32. The van der Waals surface area contributed by atoms with E-state index in [0.717, 1.165) is 11.1 Å². The molecule has 0 spiro atoms. The summed E-state index contributed by atoms with van der Waals surface area (Å²) in [6.45, 7) is 0.241. The Bertz CT molecular complexity index is 867. The van der Waals surface area contributed by atoms with Crippen molar-refractivity contribution in [3.8, 4) is 11.5 Å². The van der Waals surface area contributed by atoms with Gasteiger partial charge in [0, 0.05) is 0 Å². The molecule has 0 aliphatic heterocycles. The maximum absolute atomic E-state index is 12.9. The van der Waals surface area contributed by atoms with Crippen LogP contribution in [0.15, 0.2) is 54.2 Å². The van der Waals surface area contributed by atoms with Crippen LogP contribution in [0, 0.1) is 5.82 Å². The molecule has 0 amide bonds. The Balaban J connectivity index is 1.78. The minimum atomic E-state index is -0.295. The molecule has 8 heteroatoms. The molecule has 0 aliphatic rings. The highest BCUT2D eigenvalue weighted by Gasteiger charge is 2.12. The quantitative estimate of drug-likeness (QED) is 0.631. The van der Waals surface area contributed by atoms with Gasteiger partial charge in [0.2, 0.25) is 0 Å². The maximum Gasteiger partial charge on any atom is 0.180 e. The number of hydrogen-bond donors (Lipinski definition) is 0. The molecule has 0 radical (unpaired) electrons. The molecule has 0 saturated heterocycles. The van der Waals surface area contributed by atoms with Crippen molar-refractivity contribution in [2.75, 3.05) is 7.11 Å². The second-order valence-corrected chi connectivity index (χ2v) is 5.44. The third-order valence-electron chi connectivity index (χ3n) is 3.29. The van der Waals surface area contributed by atoms with E-state index in [-0.39, 0.29) is 12.4 Å². The monoisotopic (exact) mass is 360 g/mol. The van der Waals surface area contributed by atoms with E-state index in [0.29, 0.717) is 16.5 Å². The third-order valence-corrected chi connectivity index (χ3v) is 3.58. The highest BCUT2D eigenvalue weighted by Crippen LogP contribution is 2.36. The summed E-state index contributed by atoms with van der Waals surface area (Å²) in [5.74, 6) is 0.589. The number of halogens is 2. The molecule has 0 fully saturated rings. The van der Waals surface area contributed by atoms with Crippen LogP contribution in [0.1, 0.15) is 11.1 Å². The lowest BCUT2D eigenvalue weighted by atomic mass is 10.2. The molecule has 3 rings (SSSR count). The van der Waals surface area contributed by atoms with E-state index in [2.05, 4.69) is 15.3 Å². The molecule has 0 bridgehead atoms. The average molecular weight is 361 g/mol. The van der Waals surface area contributed by atoms with Crippen molar-refractivity contribution >= 4 is 17.8 Å². The van der Waals surface area contributed by atoms with E-state index < -0.39 is 0 Å². The number of nitrogens with zero attached hydrogens (tertiary/aromatic N) is 4. The van der Waals surface area contributed by atoms with Crippen molar-refractivity contribution in [3.05, 3.63) is 71.0 Å². The van der Waals surface area contributed by atoms with Crippen LogP contribution in [0.3, 0.4) is 0 Å². The molecule has 25 heavy (non-hydrogen) atoms. The van der Waals surface area contributed by atoms with Gasteiger partial charge in [-0.3, -0.25) is 0 Å². The molecule has 0 saturated carbocycles. The first-order valence-corrected chi connectivity index (χ1v) is 7.67. The summed E-state index contributed by atoms with van der Waals surface area (Å²) < 4.78 is 25.5. The van der Waals surface area contributed by atoms with Crippen LogP contribution >= 0.6 is 11.6 Å². The minimum absolute atomic E-state index is 0.241. The Morgan fingerprint density at radius 3 is 2.60 bits per heavy atom. The van der Waals surface area contributed by atoms with Crippen molar-refractivity contribution in [1.82, 2.24) is 14.9 Å². The van der Waals surface area contributed by atoms with Crippen LogP contribution in [0.5, 0.6) is 11.5 Å². The van der Waals surface area contributed by atoms with Crippen LogP contribution in [-0.4, -0.2) is 28.2 Å². The predicted octanol–water partition coefficient (Wildman–Crippen LogP) is 3.54. The Kier molecular flexibility index (Phi) is 5.25. The predicted molar refractivity (Wildman–Crippen MR) is 91.8 cm³/mol. The molecule has 0 atom stereocenters. The zero-order chi connectivity index (χ0) is 17.6. The van der Waals surface area contributed by atoms with E-state index in [1.807, 2.05) is 0 Å². The highest BCUT2D eigenvalue weighted by atomic mass is 35.5. The van der Waals surface area contributed by atoms with Crippen molar-refractivity contribution in [2.45, 2.75) is 6.61 Å². The molecule has 3 aromatic rings. The number of rotatable bonds is 6. The molecular weight excluding hydrogens is 347 g/mol. The van der Waals surface area contributed by atoms with Crippen molar-refractivity contribution in [2.24, 2.45) is 5.10 Å². The molecule has 0 N–H and O–H groups in total. The second kappa shape index (κ2) is 7.76. The molecule has 2 aromatic carbocycles. The Morgan fingerprint density at radius 1 is 1.20 bits per heavy atom. The van der Waals surface area contributed by atoms with Gasteiger partial charge in [-0.25, -0.2) is 9.07 Å². The lowest BCUT2D eigenvalue weighted by Gasteiger charge is -2.13. The summed E-state index contributed by atoms with van der Waals surface area (Å²) in [5.41, 5.74) is 1.54. The first kappa shape index (κ1) is 16.9. The van der Waals surface area contributed by atoms with Gasteiger partial charge in [-0.1, -0.05) is 23.7 Å². The zero-order valence-corrected chi connectivity index (χ0v) is 14.0. The largest absolute Gasteiger partial charge is 0.493 e. The standard InChI is InChI=1S/C17H14ClFN4O2/c1-24-16-7-13(8-22-23-10-20-21-11-23)6-15(18)17(16)25-9-12-2-4-14(19)5-3-12/h2-8,10-11H,9H2,1H3/b22-8-. The van der Waals surface area contributed by atoms with Gasteiger partial charge in [-0.05, 0) is 35.4 Å². The van der Waals surface area contributed by atoms with Gasteiger partial charge in [0.05, 0.1) is 18.3 Å². The fraction of sp³-hybridized carbons (Fsp3) is 0.118. The second-order valence-electron chi connectivity index (χ2n) is 5.04. The van der Waals surface area contributed by atoms with Crippen LogP contribution in [0.25, 0.3) is 0 Å². The summed E-state index contributed by atoms with van der Waals surface area (Å²) in [6.07, 6.45) is 4.53. The van der Waals surface area contributed by atoms with Crippen LogP contribution < -0.4 is 9.47 Å². The van der Waals surface area contributed by atoms with Gasteiger partial charge < -0.3 is 9.47 Å². The average Bonchev–Trinajstić information content (AvgIpc) is 3.13. The van der Waals surface area contributed by atoms with Gasteiger partial charge in [0.15, 0.2) is 11.5 Å². The maximum atomic E-state index is 12.9. The minimum Gasteiger partial charge on any atom is -0.493 e. The molecule has 6 nitrogen and oxygen atoms in total. The fourth-order valence-electron chi connectivity index (χ4n) is 2.08. The molecular formula is C17H14ClFN4O2. The lowest BCUT2D eigenvalue weighted by molar-refractivity contribution is 0.284. The third kappa shape index (κ3) is 4.33. The molecule has 0 unspecified atom stereocenters. The Hall–Kier alpha value is -2.93. The zero-order valence-electron chi connectivity index (χ0n) is 13.3. The topological polar surface area (TPSA) is 61.5 Å². The van der Waals surface area contributed by atoms with E-state index >= 15 is 0 Å². The van der Waals surface area contributed by atoms with E-state index in [1.54, 1.807) is 30.5 Å². The van der Waals surface area contributed by atoms with E-state index in [9.17, 15) is 4.39 Å². The van der Waals surface area contributed by atoms with E-state index in [1.165, 1.54) is 36.6 Å². The van der Waals surface area contributed by atoms with Gasteiger partial charge in [-0.15, -0.1) is 10.2 Å². The van der Waals surface area contributed by atoms with Gasteiger partial charge >= 0.3 is 0 Å². The Morgan fingerprint density at radius 2 is 1.92 bits per heavy atom. The molecule has 128 valence electrons. The first-order chi connectivity index (χ1) is 12.2. The van der Waals surface area contributed by atoms with E-state index in [4.69, 9.17) is 21.1 Å². The number of benzene rings is 2. The summed E-state index contributed by atoms with van der Waals surface area (Å²) in [7, 11) is 1.52. The summed E-state index contributed by atoms with van der Waals surface area (Å²) in [6, 6.07) is 9.51. The number of aromatic nitrogens is 3. The van der Waals surface area contributed by atoms with Gasteiger partial charge in [0.1, 0.15) is 25.1 Å². The van der Waals surface area contributed by atoms with Crippen LogP contribution in [0.4, 0.5) is 4.39 Å². The fourth-order valence-corrected chi connectivity index (χ4v) is 2.35. The summed E-state index contributed by atoms with van der Waals surface area (Å²) in [4.78, 5) is 0. The van der Waals surface area contributed by atoms with Crippen LogP contribution in [0.2, 0.25) is 5.02 Å². The normalized spacial score (nSPS) is 11.0. The SMILES string of the molecule is COc1cc(/C=N\n2cnnc2)cc(Cl)c1OCc1ccc(F)cc1. The van der Waals surface area contributed by atoms with Crippen molar-refractivity contribution in [3.63, 3.8) is 0 Å². The number of methoxy groups -OCH3 is 1. The number of ether oxygens (including phenoxy) is 2. The lowest BCUT2D eigenvalue weighted by Crippen LogP contribution is -2.00. The molecule has 0 aliphatic carbocycles. The number of hydrogen-bond acceptors (Lipinski definition) is 5. The molecule has 1 heterocycles. The molecule has 1 aromatic heterocycles. The summed E-state index contributed by atoms with van der Waals surface area (Å²) >= 11 is 6.31. The van der Waals surface area contributed by atoms with Crippen molar-refractivity contribution < 1.29 is 13.9 Å². The van der Waals surface area contributed by atoms with Crippen molar-refractivity contribution in [1.29, 1.82) is 0 Å².